The van der Waals surface area contributed by atoms with E-state index in [1.165, 1.54) is 4.70 Å². The average Bonchev–Trinajstić information content (AvgIpc) is 3.18. The minimum atomic E-state index is -0.457. The van der Waals surface area contributed by atoms with Gasteiger partial charge >= 0.3 is 5.97 Å². The summed E-state index contributed by atoms with van der Waals surface area (Å²) in [5.41, 5.74) is 3.64. The number of esters is 1. The molecule has 4 rings (SSSR count). The zero-order chi connectivity index (χ0) is 20.4. The highest BCUT2D eigenvalue weighted by Crippen LogP contribution is 2.33. The number of nitrogens with zero attached hydrogens (tertiary/aromatic N) is 2. The first-order valence-electron chi connectivity index (χ1n) is 9.89. The van der Waals surface area contributed by atoms with Crippen molar-refractivity contribution in [3.63, 3.8) is 0 Å². The smallest absolute Gasteiger partial charge is 0.338 e. The third-order valence-corrected chi connectivity index (χ3v) is 6.70. The van der Waals surface area contributed by atoms with Crippen molar-refractivity contribution in [2.24, 2.45) is 0 Å². The number of ether oxygens (including phenoxy) is 1. The number of rotatable bonds is 4. The Kier molecular flexibility index (Phi) is 5.62. The molecule has 0 unspecified atom stereocenters. The van der Waals surface area contributed by atoms with Crippen LogP contribution in [-0.2, 0) is 9.53 Å². The van der Waals surface area contributed by atoms with Crippen LogP contribution in [0.3, 0.4) is 0 Å². The fraction of sp³-hybridized carbons (Fsp3) is 0.348. The number of aryl methyl sites for hydroxylation is 2. The summed E-state index contributed by atoms with van der Waals surface area (Å²) in [6, 6.07) is 13.5. The van der Waals surface area contributed by atoms with Crippen LogP contribution in [0.4, 0.5) is 0 Å². The molecule has 5 nitrogen and oxygen atoms in total. The van der Waals surface area contributed by atoms with E-state index in [0.29, 0.717) is 18.7 Å². The van der Waals surface area contributed by atoms with Crippen LogP contribution in [0.25, 0.3) is 10.2 Å². The Balaban J connectivity index is 1.37. The van der Waals surface area contributed by atoms with Gasteiger partial charge in [0.1, 0.15) is 0 Å². The highest BCUT2D eigenvalue weighted by atomic mass is 32.1. The van der Waals surface area contributed by atoms with Crippen molar-refractivity contribution in [1.82, 2.24) is 9.88 Å². The molecule has 3 aromatic rings. The summed E-state index contributed by atoms with van der Waals surface area (Å²) in [5, 5.41) is 1.08. The number of piperidine rings is 1. The van der Waals surface area contributed by atoms with E-state index in [9.17, 15) is 9.59 Å². The Labute approximate surface area is 174 Å². The van der Waals surface area contributed by atoms with Crippen LogP contribution >= 0.6 is 11.3 Å². The molecule has 1 atom stereocenters. The lowest BCUT2D eigenvalue weighted by molar-refractivity contribution is -0.135. The van der Waals surface area contributed by atoms with Gasteiger partial charge in [0.25, 0.3) is 5.91 Å². The standard InChI is InChI=1S/C23H24N2O3S/c1-15-9-10-17(12-16(15)2)23(27)28-14-21(26)25-11-5-6-18(13-25)22-24-19-7-3-4-8-20(19)29-22/h3-4,7-10,12,18H,5-6,11,13-14H2,1-2H3/t18-/m1/s1. The number of amides is 1. The second-order valence-electron chi connectivity index (χ2n) is 7.57. The van der Waals surface area contributed by atoms with Gasteiger partial charge in [0, 0.05) is 19.0 Å². The van der Waals surface area contributed by atoms with Crippen molar-refractivity contribution < 1.29 is 14.3 Å². The van der Waals surface area contributed by atoms with Crippen LogP contribution < -0.4 is 0 Å². The third-order valence-electron chi connectivity index (χ3n) is 5.50. The zero-order valence-electron chi connectivity index (χ0n) is 16.7. The number of hydrogen-bond donors (Lipinski definition) is 0. The molecule has 2 heterocycles. The molecule has 0 aliphatic carbocycles. The Morgan fingerprint density at radius 1 is 1.17 bits per heavy atom. The summed E-state index contributed by atoms with van der Waals surface area (Å²) in [6.45, 7) is 5.04. The average molecular weight is 409 g/mol. The first-order chi connectivity index (χ1) is 14.0. The Bertz CT molecular complexity index is 1030. The molecule has 29 heavy (non-hydrogen) atoms. The number of hydrogen-bond acceptors (Lipinski definition) is 5. The molecule has 1 aliphatic heterocycles. The molecule has 1 aromatic heterocycles. The van der Waals surface area contributed by atoms with E-state index in [2.05, 4.69) is 6.07 Å². The second-order valence-corrected chi connectivity index (χ2v) is 8.64. The van der Waals surface area contributed by atoms with Gasteiger partial charge in [0.15, 0.2) is 6.61 Å². The molecule has 0 saturated carbocycles. The fourth-order valence-corrected chi connectivity index (χ4v) is 4.73. The van der Waals surface area contributed by atoms with Crippen LogP contribution in [-0.4, -0.2) is 41.5 Å². The van der Waals surface area contributed by atoms with Gasteiger partial charge < -0.3 is 9.64 Å². The molecule has 1 amide bonds. The number of aromatic nitrogens is 1. The largest absolute Gasteiger partial charge is 0.452 e. The molecule has 2 aromatic carbocycles. The Hall–Kier alpha value is -2.73. The van der Waals surface area contributed by atoms with Gasteiger partial charge in [0.05, 0.1) is 20.8 Å². The molecule has 150 valence electrons. The predicted octanol–water partition coefficient (Wildman–Crippen LogP) is 4.48. The van der Waals surface area contributed by atoms with E-state index >= 15 is 0 Å². The van der Waals surface area contributed by atoms with Gasteiger partial charge in [-0.2, -0.15) is 0 Å². The first kappa shape index (κ1) is 19.6. The summed E-state index contributed by atoms with van der Waals surface area (Å²) >= 11 is 1.70. The van der Waals surface area contributed by atoms with Crippen LogP contribution in [0.1, 0.15) is 45.3 Å². The Morgan fingerprint density at radius 2 is 2.00 bits per heavy atom. The van der Waals surface area contributed by atoms with Crippen molar-refractivity contribution in [3.05, 3.63) is 64.2 Å². The molecule has 1 fully saturated rings. The van der Waals surface area contributed by atoms with Crippen molar-refractivity contribution >= 4 is 33.4 Å². The third kappa shape index (κ3) is 4.32. The minimum Gasteiger partial charge on any atom is -0.452 e. The molecule has 0 N–H and O–H groups in total. The number of benzene rings is 2. The van der Waals surface area contributed by atoms with Crippen LogP contribution in [0.5, 0.6) is 0 Å². The minimum absolute atomic E-state index is 0.145. The number of thiazole rings is 1. The lowest BCUT2D eigenvalue weighted by Gasteiger charge is -2.31. The highest BCUT2D eigenvalue weighted by Gasteiger charge is 2.27. The van der Waals surface area contributed by atoms with E-state index in [4.69, 9.17) is 9.72 Å². The summed E-state index contributed by atoms with van der Waals surface area (Å²) in [7, 11) is 0. The van der Waals surface area contributed by atoms with Crippen molar-refractivity contribution in [2.75, 3.05) is 19.7 Å². The lowest BCUT2D eigenvalue weighted by Crippen LogP contribution is -2.41. The topological polar surface area (TPSA) is 59.5 Å². The number of carbonyl (C=O) groups is 2. The summed E-state index contributed by atoms with van der Waals surface area (Å²) < 4.78 is 6.46. The number of para-hydroxylation sites is 1. The second kappa shape index (κ2) is 8.33. The molecular formula is C23H24N2O3S. The quantitative estimate of drug-likeness (QED) is 0.598. The van der Waals surface area contributed by atoms with Gasteiger partial charge in [-0.05, 0) is 62.1 Å². The normalized spacial score (nSPS) is 16.8. The highest BCUT2D eigenvalue weighted by molar-refractivity contribution is 7.18. The summed E-state index contributed by atoms with van der Waals surface area (Å²) in [5.74, 6) is -0.366. The number of carbonyl (C=O) groups excluding carboxylic acids is 2. The molecule has 6 heteroatoms. The maximum atomic E-state index is 12.6. The van der Waals surface area contributed by atoms with Gasteiger partial charge in [0.2, 0.25) is 0 Å². The SMILES string of the molecule is Cc1ccc(C(=O)OCC(=O)N2CCC[C@@H](c3nc4ccccc4s3)C2)cc1C. The fourth-order valence-electron chi connectivity index (χ4n) is 3.64. The van der Waals surface area contributed by atoms with Crippen molar-refractivity contribution in [2.45, 2.75) is 32.6 Å². The van der Waals surface area contributed by atoms with Crippen LogP contribution in [0.2, 0.25) is 0 Å². The van der Waals surface area contributed by atoms with E-state index in [1.54, 1.807) is 28.4 Å². The van der Waals surface area contributed by atoms with Gasteiger partial charge in [-0.15, -0.1) is 11.3 Å². The van der Waals surface area contributed by atoms with Gasteiger partial charge in [-0.3, -0.25) is 4.79 Å². The summed E-state index contributed by atoms with van der Waals surface area (Å²) in [4.78, 5) is 31.5. The number of likely N-dealkylation sites (tertiary alicyclic amines) is 1. The maximum absolute atomic E-state index is 12.6. The zero-order valence-corrected chi connectivity index (χ0v) is 17.5. The van der Waals surface area contributed by atoms with E-state index in [1.807, 2.05) is 38.1 Å². The predicted molar refractivity (Wildman–Crippen MR) is 114 cm³/mol. The summed E-state index contributed by atoms with van der Waals surface area (Å²) in [6.07, 6.45) is 1.95. The van der Waals surface area contributed by atoms with Crippen molar-refractivity contribution in [3.8, 4) is 0 Å². The van der Waals surface area contributed by atoms with Crippen LogP contribution in [0, 0.1) is 13.8 Å². The molecule has 0 spiro atoms. The number of fused-ring (bicyclic) bond motifs is 1. The molecule has 0 bridgehead atoms. The Morgan fingerprint density at radius 3 is 2.79 bits per heavy atom. The van der Waals surface area contributed by atoms with E-state index in [-0.39, 0.29) is 18.4 Å². The molecule has 1 saturated heterocycles. The lowest BCUT2D eigenvalue weighted by atomic mass is 9.99. The van der Waals surface area contributed by atoms with Gasteiger partial charge in [-0.25, -0.2) is 9.78 Å². The molecular weight excluding hydrogens is 384 g/mol. The van der Waals surface area contributed by atoms with Gasteiger partial charge in [-0.1, -0.05) is 18.2 Å². The maximum Gasteiger partial charge on any atom is 0.338 e. The molecule has 1 aliphatic rings. The van der Waals surface area contributed by atoms with E-state index < -0.39 is 5.97 Å². The van der Waals surface area contributed by atoms with Crippen molar-refractivity contribution in [1.29, 1.82) is 0 Å². The first-order valence-corrected chi connectivity index (χ1v) is 10.7. The van der Waals surface area contributed by atoms with E-state index in [0.717, 1.165) is 34.5 Å². The monoisotopic (exact) mass is 408 g/mol. The van der Waals surface area contributed by atoms with Crippen LogP contribution in [0.15, 0.2) is 42.5 Å². The molecule has 0 radical (unpaired) electrons.